The van der Waals surface area contributed by atoms with Crippen molar-refractivity contribution in [3.05, 3.63) is 4.91 Å². The van der Waals surface area contributed by atoms with Gasteiger partial charge in [0.25, 0.3) is 0 Å². The molecule has 0 bridgehead atoms. The summed E-state index contributed by atoms with van der Waals surface area (Å²) in [6.45, 7) is 0.691. The van der Waals surface area contributed by atoms with Gasteiger partial charge in [0.1, 0.15) is 0 Å². The Bertz CT molecular complexity index is 244. The van der Waals surface area contributed by atoms with E-state index in [2.05, 4.69) is 5.29 Å². The molecule has 1 saturated carbocycles. The molecule has 2 aliphatic rings. The largest absolute Gasteiger partial charge is 0.481 e. The van der Waals surface area contributed by atoms with Crippen LogP contribution in [0.15, 0.2) is 5.29 Å². The van der Waals surface area contributed by atoms with Crippen LogP contribution in [0.1, 0.15) is 19.3 Å². The van der Waals surface area contributed by atoms with Gasteiger partial charge in [-0.05, 0) is 25.2 Å². The number of aliphatic carboxylic acids is 1. The van der Waals surface area contributed by atoms with Crippen molar-refractivity contribution in [3.63, 3.8) is 0 Å². The normalized spacial score (nSPS) is 37.5. The molecule has 0 aromatic carbocycles. The first kappa shape index (κ1) is 8.47. The van der Waals surface area contributed by atoms with Crippen LogP contribution < -0.4 is 0 Å². The van der Waals surface area contributed by atoms with Gasteiger partial charge in [0.15, 0.2) is 0 Å². The predicted octanol–water partition coefficient (Wildman–Crippen LogP) is 0.853. The summed E-state index contributed by atoms with van der Waals surface area (Å²) in [6.07, 6.45) is 2.59. The topological polar surface area (TPSA) is 70.0 Å². The summed E-state index contributed by atoms with van der Waals surface area (Å²) in [7, 11) is 0. The summed E-state index contributed by atoms with van der Waals surface area (Å²) in [5.41, 5.74) is 0. The highest BCUT2D eigenvalue weighted by Crippen LogP contribution is 2.46. The molecule has 1 N–H and O–H groups in total. The Morgan fingerprint density at radius 1 is 1.54 bits per heavy atom. The molecular weight excluding hydrogens is 172 g/mol. The molecule has 0 amide bonds. The summed E-state index contributed by atoms with van der Waals surface area (Å²) in [4.78, 5) is 21.0. The van der Waals surface area contributed by atoms with E-state index in [-0.39, 0.29) is 17.9 Å². The molecule has 13 heavy (non-hydrogen) atoms. The Kier molecular flexibility index (Phi) is 1.94. The average molecular weight is 184 g/mol. The second-order valence-corrected chi connectivity index (χ2v) is 3.80. The second kappa shape index (κ2) is 2.97. The fourth-order valence-corrected chi connectivity index (χ4v) is 2.24. The third-order valence-electron chi connectivity index (χ3n) is 3.03. The van der Waals surface area contributed by atoms with Gasteiger partial charge in [0.2, 0.25) is 0 Å². The van der Waals surface area contributed by atoms with E-state index in [1.165, 1.54) is 5.01 Å². The average Bonchev–Trinajstić information content (AvgIpc) is 2.77. The minimum Gasteiger partial charge on any atom is -0.481 e. The Labute approximate surface area is 75.7 Å². The zero-order valence-electron chi connectivity index (χ0n) is 7.22. The summed E-state index contributed by atoms with van der Waals surface area (Å²) in [6, 6.07) is 0.0959. The molecule has 3 unspecified atom stereocenters. The van der Waals surface area contributed by atoms with Gasteiger partial charge in [0, 0.05) is 6.54 Å². The number of carboxylic acids is 1. The molecule has 2 fully saturated rings. The fraction of sp³-hybridized carbons (Fsp3) is 0.875. The van der Waals surface area contributed by atoms with Crippen LogP contribution in [-0.2, 0) is 4.79 Å². The van der Waals surface area contributed by atoms with Crippen molar-refractivity contribution in [1.29, 1.82) is 0 Å². The molecule has 0 spiro atoms. The van der Waals surface area contributed by atoms with Gasteiger partial charge in [-0.1, -0.05) is 0 Å². The van der Waals surface area contributed by atoms with Crippen LogP contribution in [0.5, 0.6) is 0 Å². The van der Waals surface area contributed by atoms with Gasteiger partial charge >= 0.3 is 5.97 Å². The monoisotopic (exact) mass is 184 g/mol. The lowest BCUT2D eigenvalue weighted by Gasteiger charge is -2.16. The first-order valence-electron chi connectivity index (χ1n) is 4.56. The highest BCUT2D eigenvalue weighted by Gasteiger charge is 2.51. The van der Waals surface area contributed by atoms with Crippen LogP contribution >= 0.6 is 0 Å². The molecule has 0 aromatic heterocycles. The Morgan fingerprint density at radius 3 is 2.85 bits per heavy atom. The zero-order valence-corrected chi connectivity index (χ0v) is 7.22. The van der Waals surface area contributed by atoms with Crippen LogP contribution in [-0.4, -0.2) is 28.7 Å². The Balaban J connectivity index is 1.95. The molecule has 72 valence electrons. The molecule has 1 saturated heterocycles. The van der Waals surface area contributed by atoms with E-state index in [0.29, 0.717) is 13.0 Å². The molecule has 5 nitrogen and oxygen atoms in total. The molecule has 1 heterocycles. The van der Waals surface area contributed by atoms with Gasteiger partial charge in [-0.3, -0.25) is 9.80 Å². The number of hydrogen-bond acceptors (Lipinski definition) is 3. The quantitative estimate of drug-likeness (QED) is 0.660. The van der Waals surface area contributed by atoms with Gasteiger partial charge in [-0.2, -0.15) is 0 Å². The Morgan fingerprint density at radius 2 is 2.31 bits per heavy atom. The second-order valence-electron chi connectivity index (χ2n) is 3.80. The predicted molar refractivity (Wildman–Crippen MR) is 44.8 cm³/mol. The molecule has 2 rings (SSSR count). The lowest BCUT2D eigenvalue weighted by molar-refractivity contribution is -0.139. The van der Waals surface area contributed by atoms with Crippen LogP contribution in [0.4, 0.5) is 0 Å². The third-order valence-corrected chi connectivity index (χ3v) is 3.03. The van der Waals surface area contributed by atoms with Crippen molar-refractivity contribution in [3.8, 4) is 0 Å². The summed E-state index contributed by atoms with van der Waals surface area (Å²) in [5.74, 6) is -0.798. The lowest BCUT2D eigenvalue weighted by atomic mass is 10.1. The van der Waals surface area contributed by atoms with E-state index < -0.39 is 5.97 Å². The summed E-state index contributed by atoms with van der Waals surface area (Å²) in [5, 5.41) is 13.1. The molecule has 3 atom stereocenters. The van der Waals surface area contributed by atoms with E-state index in [0.717, 1.165) is 12.8 Å². The number of nitrogens with zero attached hydrogens (tertiary/aromatic N) is 2. The maximum Gasteiger partial charge on any atom is 0.306 e. The number of carbonyl (C=O) groups is 1. The van der Waals surface area contributed by atoms with E-state index in [4.69, 9.17) is 5.11 Å². The van der Waals surface area contributed by atoms with Crippen LogP contribution in [0, 0.1) is 16.7 Å². The van der Waals surface area contributed by atoms with E-state index in [1.807, 2.05) is 0 Å². The van der Waals surface area contributed by atoms with E-state index >= 15 is 0 Å². The SMILES string of the molecule is O=NN1CCCC1C1CC1C(=O)O. The van der Waals surface area contributed by atoms with Crippen molar-refractivity contribution in [2.24, 2.45) is 17.1 Å². The van der Waals surface area contributed by atoms with Crippen molar-refractivity contribution in [2.45, 2.75) is 25.3 Å². The first-order valence-corrected chi connectivity index (χ1v) is 4.56. The number of hydrogen-bond donors (Lipinski definition) is 1. The minimum atomic E-state index is -0.734. The van der Waals surface area contributed by atoms with E-state index in [9.17, 15) is 9.70 Å². The molecule has 1 aliphatic carbocycles. The maximum atomic E-state index is 10.6. The van der Waals surface area contributed by atoms with Crippen molar-refractivity contribution < 1.29 is 9.90 Å². The van der Waals surface area contributed by atoms with Gasteiger partial charge in [-0.15, -0.1) is 4.91 Å². The molecule has 0 radical (unpaired) electrons. The molecule has 0 aromatic rings. The lowest BCUT2D eigenvalue weighted by Crippen LogP contribution is -2.26. The van der Waals surface area contributed by atoms with E-state index in [1.54, 1.807) is 0 Å². The van der Waals surface area contributed by atoms with Crippen molar-refractivity contribution in [1.82, 2.24) is 5.01 Å². The van der Waals surface area contributed by atoms with Crippen LogP contribution in [0.25, 0.3) is 0 Å². The minimum absolute atomic E-state index is 0.0959. The Hall–Kier alpha value is -1.13. The fourth-order valence-electron chi connectivity index (χ4n) is 2.24. The molecule has 1 aliphatic heterocycles. The standard InChI is InChI=1S/C8H12N2O3/c11-8(12)6-4-5(6)7-2-1-3-10(7)9-13/h5-7H,1-4H2,(H,11,12). The first-order chi connectivity index (χ1) is 6.24. The third kappa shape index (κ3) is 1.38. The summed E-state index contributed by atoms with van der Waals surface area (Å²) >= 11 is 0. The van der Waals surface area contributed by atoms with Crippen LogP contribution in [0.3, 0.4) is 0 Å². The van der Waals surface area contributed by atoms with Crippen molar-refractivity contribution in [2.75, 3.05) is 6.54 Å². The maximum absolute atomic E-state index is 10.6. The van der Waals surface area contributed by atoms with Gasteiger partial charge in [-0.25, -0.2) is 0 Å². The number of rotatable bonds is 3. The molecular formula is C8H12N2O3. The van der Waals surface area contributed by atoms with Crippen LogP contribution in [0.2, 0.25) is 0 Å². The van der Waals surface area contributed by atoms with Gasteiger partial charge in [0.05, 0.1) is 17.2 Å². The zero-order chi connectivity index (χ0) is 9.42. The molecule has 5 heteroatoms. The summed E-state index contributed by atoms with van der Waals surface area (Å²) < 4.78 is 0. The highest BCUT2D eigenvalue weighted by atomic mass is 16.4. The smallest absolute Gasteiger partial charge is 0.306 e. The van der Waals surface area contributed by atoms with Crippen molar-refractivity contribution >= 4 is 5.97 Å². The van der Waals surface area contributed by atoms with Gasteiger partial charge < -0.3 is 5.11 Å². The number of nitroso groups, excluding NO2 is 1. The highest BCUT2D eigenvalue weighted by molar-refractivity contribution is 5.73. The number of carboxylic acid groups (broad SMARTS) is 1.